The molecule has 1 aromatic heterocycles. The number of hydrogen-bond acceptors (Lipinski definition) is 4. The van der Waals surface area contributed by atoms with Gasteiger partial charge >= 0.3 is 0 Å². The van der Waals surface area contributed by atoms with E-state index in [0.29, 0.717) is 10.6 Å². The van der Waals surface area contributed by atoms with Crippen molar-refractivity contribution in [1.29, 1.82) is 0 Å². The van der Waals surface area contributed by atoms with Crippen molar-refractivity contribution in [3.63, 3.8) is 0 Å². The lowest BCUT2D eigenvalue weighted by Crippen LogP contribution is -2.19. The van der Waals surface area contributed by atoms with Gasteiger partial charge in [0.2, 0.25) is 5.91 Å². The Hall–Kier alpha value is -2.38. The first-order valence-corrected chi connectivity index (χ1v) is 11.2. The van der Waals surface area contributed by atoms with Gasteiger partial charge in [-0.1, -0.05) is 36.6 Å². The van der Waals surface area contributed by atoms with Crippen molar-refractivity contribution in [2.75, 3.05) is 5.32 Å². The van der Waals surface area contributed by atoms with E-state index in [9.17, 15) is 4.79 Å². The summed E-state index contributed by atoms with van der Waals surface area (Å²) in [5.41, 5.74) is 2.85. The Balaban J connectivity index is 1.42. The Bertz CT molecular complexity index is 1050. The maximum atomic E-state index is 12.6. The molecule has 2 aromatic carbocycles. The van der Waals surface area contributed by atoms with E-state index in [2.05, 4.69) is 27.6 Å². The third-order valence-electron chi connectivity index (χ3n) is 5.08. The van der Waals surface area contributed by atoms with Crippen LogP contribution in [-0.2, 0) is 11.3 Å². The number of aromatic nitrogens is 3. The van der Waals surface area contributed by atoms with Crippen molar-refractivity contribution in [3.8, 4) is 11.4 Å². The van der Waals surface area contributed by atoms with E-state index in [4.69, 9.17) is 12.2 Å². The standard InChI is InChI=1S/C22H24N4OS2/c1-15-5-4-6-16(13-15)21-24-25-22(28)26(21)14-20(27)23-17-9-11-19(12-10-17)29-18-7-2-3-8-18/h4-6,9-13,18H,2-3,7-8,14H2,1H3,(H,23,27)(H,25,28). The van der Waals surface area contributed by atoms with E-state index in [1.165, 1.54) is 30.6 Å². The predicted molar refractivity (Wildman–Crippen MR) is 121 cm³/mol. The Morgan fingerprint density at radius 2 is 2.00 bits per heavy atom. The molecule has 0 atom stereocenters. The van der Waals surface area contributed by atoms with Gasteiger partial charge in [-0.3, -0.25) is 14.5 Å². The molecule has 29 heavy (non-hydrogen) atoms. The van der Waals surface area contributed by atoms with Gasteiger partial charge < -0.3 is 5.32 Å². The molecule has 1 saturated carbocycles. The summed E-state index contributed by atoms with van der Waals surface area (Å²) in [6.07, 6.45) is 5.29. The van der Waals surface area contributed by atoms with Gasteiger partial charge in [0.15, 0.2) is 10.6 Å². The number of carbonyl (C=O) groups is 1. The molecule has 1 aliphatic rings. The first kappa shape index (κ1) is 19.9. The molecular formula is C22H24N4OS2. The number of aromatic amines is 1. The van der Waals surface area contributed by atoms with Gasteiger partial charge in [0.25, 0.3) is 0 Å². The van der Waals surface area contributed by atoms with Crippen molar-refractivity contribution in [2.45, 2.75) is 49.3 Å². The third-order valence-corrected chi connectivity index (χ3v) is 6.74. The van der Waals surface area contributed by atoms with Crippen LogP contribution in [0.1, 0.15) is 31.2 Å². The van der Waals surface area contributed by atoms with Crippen LogP contribution in [-0.4, -0.2) is 25.9 Å². The lowest BCUT2D eigenvalue weighted by Gasteiger charge is -2.11. The number of carbonyl (C=O) groups excluding carboxylic acids is 1. The van der Waals surface area contributed by atoms with Crippen LogP contribution in [0.15, 0.2) is 53.4 Å². The quantitative estimate of drug-likeness (QED) is 0.506. The van der Waals surface area contributed by atoms with Gasteiger partial charge in [0.1, 0.15) is 6.54 Å². The van der Waals surface area contributed by atoms with Crippen LogP contribution in [0.3, 0.4) is 0 Å². The van der Waals surface area contributed by atoms with Crippen LogP contribution < -0.4 is 5.32 Å². The van der Waals surface area contributed by atoms with Gasteiger partial charge in [0.05, 0.1) is 0 Å². The van der Waals surface area contributed by atoms with E-state index in [1.807, 2.05) is 55.1 Å². The molecule has 0 radical (unpaired) electrons. The topological polar surface area (TPSA) is 62.7 Å². The molecule has 1 heterocycles. The highest BCUT2D eigenvalue weighted by molar-refractivity contribution is 8.00. The first-order valence-electron chi connectivity index (χ1n) is 9.87. The second kappa shape index (κ2) is 8.97. The third kappa shape index (κ3) is 4.97. The molecule has 2 N–H and O–H groups in total. The summed E-state index contributed by atoms with van der Waals surface area (Å²) in [5.74, 6) is 0.532. The van der Waals surface area contributed by atoms with Crippen LogP contribution in [0.2, 0.25) is 0 Å². The van der Waals surface area contributed by atoms with E-state index in [0.717, 1.165) is 22.1 Å². The van der Waals surface area contributed by atoms with Crippen LogP contribution in [0, 0.1) is 11.7 Å². The molecule has 7 heteroatoms. The highest BCUT2D eigenvalue weighted by Crippen LogP contribution is 2.35. The lowest BCUT2D eigenvalue weighted by molar-refractivity contribution is -0.116. The number of amides is 1. The van der Waals surface area contributed by atoms with Crippen LogP contribution in [0.25, 0.3) is 11.4 Å². The van der Waals surface area contributed by atoms with Crippen LogP contribution in [0.5, 0.6) is 0 Å². The van der Waals surface area contributed by atoms with Gasteiger partial charge in [-0.15, -0.1) is 11.8 Å². The van der Waals surface area contributed by atoms with Gasteiger partial charge in [-0.05, 0) is 62.3 Å². The fourth-order valence-corrected chi connectivity index (χ4v) is 5.07. The van der Waals surface area contributed by atoms with E-state index in [-0.39, 0.29) is 12.5 Å². The summed E-state index contributed by atoms with van der Waals surface area (Å²) >= 11 is 7.28. The van der Waals surface area contributed by atoms with Crippen LogP contribution in [0.4, 0.5) is 5.69 Å². The highest BCUT2D eigenvalue weighted by Gasteiger charge is 2.16. The smallest absolute Gasteiger partial charge is 0.244 e. The SMILES string of the molecule is Cc1cccc(-c2n[nH]c(=S)n2CC(=O)Nc2ccc(SC3CCCC3)cc2)c1. The van der Waals surface area contributed by atoms with Crippen LogP contribution >= 0.6 is 24.0 Å². The molecular weight excluding hydrogens is 400 g/mol. The Morgan fingerprint density at radius 1 is 1.24 bits per heavy atom. The summed E-state index contributed by atoms with van der Waals surface area (Å²) in [6, 6.07) is 16.1. The number of hydrogen-bond donors (Lipinski definition) is 2. The summed E-state index contributed by atoms with van der Waals surface area (Å²) in [4.78, 5) is 13.9. The lowest BCUT2D eigenvalue weighted by atomic mass is 10.1. The molecule has 5 nitrogen and oxygen atoms in total. The van der Waals surface area contributed by atoms with Crippen molar-refractivity contribution < 1.29 is 4.79 Å². The second-order valence-corrected chi connectivity index (χ2v) is 9.17. The maximum absolute atomic E-state index is 12.6. The molecule has 4 rings (SSSR count). The highest BCUT2D eigenvalue weighted by atomic mass is 32.2. The fourth-order valence-electron chi connectivity index (χ4n) is 3.63. The molecule has 0 saturated heterocycles. The molecule has 1 amide bonds. The molecule has 3 aromatic rings. The maximum Gasteiger partial charge on any atom is 0.244 e. The molecule has 1 aliphatic carbocycles. The fraction of sp³-hybridized carbons (Fsp3) is 0.318. The van der Waals surface area contributed by atoms with Gasteiger partial charge in [-0.25, -0.2) is 0 Å². The van der Waals surface area contributed by atoms with E-state index < -0.39 is 0 Å². The normalized spacial score (nSPS) is 14.2. The number of H-pyrrole nitrogens is 1. The zero-order chi connectivity index (χ0) is 20.2. The number of rotatable bonds is 6. The average Bonchev–Trinajstić information content (AvgIpc) is 3.34. The van der Waals surface area contributed by atoms with Crippen molar-refractivity contribution >= 4 is 35.6 Å². The largest absolute Gasteiger partial charge is 0.325 e. The number of nitrogens with zero attached hydrogens (tertiary/aromatic N) is 2. The minimum atomic E-state index is -0.132. The number of anilines is 1. The molecule has 1 fully saturated rings. The van der Waals surface area contributed by atoms with Crippen molar-refractivity contribution in [3.05, 3.63) is 58.9 Å². The predicted octanol–water partition coefficient (Wildman–Crippen LogP) is 5.59. The first-order chi connectivity index (χ1) is 14.1. The zero-order valence-corrected chi connectivity index (χ0v) is 18.0. The van der Waals surface area contributed by atoms with Crippen molar-refractivity contribution in [1.82, 2.24) is 14.8 Å². The summed E-state index contributed by atoms with van der Waals surface area (Å²) in [7, 11) is 0. The van der Waals surface area contributed by atoms with Gasteiger partial charge in [-0.2, -0.15) is 5.10 Å². The molecule has 0 bridgehead atoms. The van der Waals surface area contributed by atoms with Crippen molar-refractivity contribution in [2.24, 2.45) is 0 Å². The average molecular weight is 425 g/mol. The Kier molecular flexibility index (Phi) is 6.16. The number of benzene rings is 2. The minimum Gasteiger partial charge on any atom is -0.325 e. The summed E-state index contributed by atoms with van der Waals surface area (Å²) in [5, 5.41) is 10.8. The molecule has 0 unspecified atom stereocenters. The minimum absolute atomic E-state index is 0.108. The van der Waals surface area contributed by atoms with Gasteiger partial charge in [0, 0.05) is 21.4 Å². The second-order valence-electron chi connectivity index (χ2n) is 7.40. The monoisotopic (exact) mass is 424 g/mol. The van der Waals surface area contributed by atoms with E-state index in [1.54, 1.807) is 4.57 Å². The zero-order valence-electron chi connectivity index (χ0n) is 16.4. The summed E-state index contributed by atoms with van der Waals surface area (Å²) < 4.78 is 2.16. The molecule has 150 valence electrons. The molecule has 0 aliphatic heterocycles. The number of nitrogens with one attached hydrogen (secondary N) is 2. The number of thioether (sulfide) groups is 1. The molecule has 0 spiro atoms. The Labute approximate surface area is 179 Å². The Morgan fingerprint density at radius 3 is 2.72 bits per heavy atom. The van der Waals surface area contributed by atoms with E-state index >= 15 is 0 Å². The summed E-state index contributed by atoms with van der Waals surface area (Å²) in [6.45, 7) is 2.13. The number of aryl methyl sites for hydroxylation is 1.